The molecule has 0 saturated carbocycles. The number of methoxy groups -OCH3 is 2. The monoisotopic (exact) mass is 354 g/mol. The van der Waals surface area contributed by atoms with E-state index in [1.54, 1.807) is 56.7 Å². The molecule has 0 atom stereocenters. The number of aromatic nitrogens is 2. The highest BCUT2D eigenvalue weighted by atomic mass is 16.5. The first kappa shape index (κ1) is 17.5. The predicted molar refractivity (Wildman–Crippen MR) is 93.6 cm³/mol. The number of carbonyl (C=O) groups is 1. The van der Waals surface area contributed by atoms with Crippen LogP contribution in [0.3, 0.4) is 0 Å². The highest BCUT2D eigenvalue weighted by Gasteiger charge is 2.15. The average molecular weight is 354 g/mol. The number of hydrogen-bond acceptors (Lipinski definition) is 7. The van der Waals surface area contributed by atoms with Gasteiger partial charge in [-0.1, -0.05) is 17.3 Å². The van der Waals surface area contributed by atoms with Gasteiger partial charge in [-0.25, -0.2) is 0 Å². The Morgan fingerprint density at radius 3 is 2.65 bits per heavy atom. The van der Waals surface area contributed by atoms with Crippen LogP contribution in [0.1, 0.15) is 23.2 Å². The van der Waals surface area contributed by atoms with E-state index in [1.165, 1.54) is 6.92 Å². The molecular weight excluding hydrogens is 336 g/mol. The Morgan fingerprint density at radius 1 is 1.08 bits per heavy atom. The largest absolute Gasteiger partial charge is 0.497 e. The van der Waals surface area contributed by atoms with Gasteiger partial charge in [0.2, 0.25) is 5.82 Å². The van der Waals surface area contributed by atoms with Crippen LogP contribution in [-0.4, -0.2) is 30.1 Å². The van der Waals surface area contributed by atoms with E-state index < -0.39 is 0 Å². The second-order valence-electron chi connectivity index (χ2n) is 5.45. The van der Waals surface area contributed by atoms with Crippen molar-refractivity contribution in [1.29, 1.82) is 0 Å². The van der Waals surface area contributed by atoms with E-state index in [1.807, 2.05) is 0 Å². The van der Waals surface area contributed by atoms with Crippen LogP contribution in [-0.2, 0) is 6.61 Å². The smallest absolute Gasteiger partial charge is 0.264 e. The van der Waals surface area contributed by atoms with Gasteiger partial charge in [-0.3, -0.25) is 4.79 Å². The molecule has 3 rings (SSSR count). The number of nitrogens with zero attached hydrogens (tertiary/aromatic N) is 2. The van der Waals surface area contributed by atoms with E-state index >= 15 is 0 Å². The molecule has 0 spiro atoms. The zero-order chi connectivity index (χ0) is 18.5. The standard InChI is InChI=1S/C19H18N2O5/c1-12(22)13-5-4-6-15(9-13)25-11-18-20-19(21-26-18)16-8-7-14(23-2)10-17(16)24-3/h4-10H,11H2,1-3H3. The van der Waals surface area contributed by atoms with Crippen LogP contribution in [0.25, 0.3) is 11.4 Å². The molecule has 2 aromatic carbocycles. The molecule has 0 aliphatic heterocycles. The molecule has 134 valence electrons. The lowest BCUT2D eigenvalue weighted by atomic mass is 10.1. The second kappa shape index (κ2) is 7.69. The van der Waals surface area contributed by atoms with Crippen LogP contribution >= 0.6 is 0 Å². The number of rotatable bonds is 7. The lowest BCUT2D eigenvalue weighted by molar-refractivity contribution is 0.101. The van der Waals surface area contributed by atoms with Crippen molar-refractivity contribution in [3.8, 4) is 28.6 Å². The molecule has 0 fully saturated rings. The summed E-state index contributed by atoms with van der Waals surface area (Å²) in [6.07, 6.45) is 0. The fourth-order valence-electron chi connectivity index (χ4n) is 2.36. The van der Waals surface area contributed by atoms with Crippen molar-refractivity contribution in [2.24, 2.45) is 0 Å². The second-order valence-corrected chi connectivity index (χ2v) is 5.45. The zero-order valence-electron chi connectivity index (χ0n) is 14.7. The fraction of sp³-hybridized carbons (Fsp3) is 0.211. The summed E-state index contributed by atoms with van der Waals surface area (Å²) in [6.45, 7) is 1.60. The van der Waals surface area contributed by atoms with Gasteiger partial charge in [0, 0.05) is 11.6 Å². The Balaban J connectivity index is 1.74. The van der Waals surface area contributed by atoms with Crippen LogP contribution in [0, 0.1) is 0 Å². The zero-order valence-corrected chi connectivity index (χ0v) is 14.7. The molecule has 7 nitrogen and oxygen atoms in total. The van der Waals surface area contributed by atoms with Crippen molar-refractivity contribution < 1.29 is 23.5 Å². The van der Waals surface area contributed by atoms with Gasteiger partial charge in [0.05, 0.1) is 19.8 Å². The minimum absolute atomic E-state index is 0.0258. The molecule has 0 bridgehead atoms. The van der Waals surface area contributed by atoms with Crippen molar-refractivity contribution in [2.75, 3.05) is 14.2 Å². The number of benzene rings is 2. The molecule has 0 amide bonds. The lowest BCUT2D eigenvalue weighted by Gasteiger charge is -2.07. The predicted octanol–water partition coefficient (Wildman–Crippen LogP) is 3.54. The molecule has 0 saturated heterocycles. The normalized spacial score (nSPS) is 10.4. The van der Waals surface area contributed by atoms with Gasteiger partial charge in [0.25, 0.3) is 5.89 Å². The van der Waals surface area contributed by atoms with E-state index in [-0.39, 0.29) is 12.4 Å². The summed E-state index contributed by atoms with van der Waals surface area (Å²) in [7, 11) is 3.14. The van der Waals surface area contributed by atoms with Gasteiger partial charge < -0.3 is 18.7 Å². The summed E-state index contributed by atoms with van der Waals surface area (Å²) >= 11 is 0. The molecule has 26 heavy (non-hydrogen) atoms. The first-order valence-corrected chi connectivity index (χ1v) is 7.89. The Hall–Kier alpha value is -3.35. The van der Waals surface area contributed by atoms with Crippen molar-refractivity contribution >= 4 is 5.78 Å². The van der Waals surface area contributed by atoms with Crippen molar-refractivity contribution in [3.05, 3.63) is 53.9 Å². The molecule has 3 aromatic rings. The minimum Gasteiger partial charge on any atom is -0.497 e. The minimum atomic E-state index is -0.0258. The molecule has 1 heterocycles. The Bertz CT molecular complexity index is 920. The van der Waals surface area contributed by atoms with Gasteiger partial charge in [-0.05, 0) is 31.2 Å². The molecule has 1 aromatic heterocycles. The topological polar surface area (TPSA) is 83.7 Å². The van der Waals surface area contributed by atoms with Crippen molar-refractivity contribution in [2.45, 2.75) is 13.5 Å². The Labute approximate surface area is 150 Å². The summed E-state index contributed by atoms with van der Waals surface area (Å²) in [4.78, 5) is 15.7. The summed E-state index contributed by atoms with van der Waals surface area (Å²) in [5.41, 5.74) is 1.26. The lowest BCUT2D eigenvalue weighted by Crippen LogP contribution is -1.98. The molecule has 0 N–H and O–H groups in total. The third kappa shape index (κ3) is 3.83. The summed E-state index contributed by atoms with van der Waals surface area (Å²) in [5, 5.41) is 3.97. The van der Waals surface area contributed by atoms with Crippen LogP contribution in [0.5, 0.6) is 17.2 Å². The molecule has 0 aliphatic rings. The third-order valence-corrected chi connectivity index (χ3v) is 3.72. The summed E-state index contributed by atoms with van der Waals surface area (Å²) in [6, 6.07) is 12.3. The number of Topliss-reactive ketones (excluding diaryl/α,β-unsaturated/α-hetero) is 1. The summed E-state index contributed by atoms with van der Waals surface area (Å²) < 4.78 is 21.4. The summed E-state index contributed by atoms with van der Waals surface area (Å²) in [5.74, 6) is 2.48. The van der Waals surface area contributed by atoms with Gasteiger partial charge in [-0.2, -0.15) is 4.98 Å². The highest BCUT2D eigenvalue weighted by Crippen LogP contribution is 2.31. The molecule has 0 radical (unpaired) electrons. The SMILES string of the molecule is COc1ccc(-c2noc(COc3cccc(C(C)=O)c3)n2)c(OC)c1. The van der Waals surface area contributed by atoms with Gasteiger partial charge in [-0.15, -0.1) is 0 Å². The number of hydrogen-bond donors (Lipinski definition) is 0. The van der Waals surface area contributed by atoms with Gasteiger partial charge in [0.1, 0.15) is 17.2 Å². The first-order valence-electron chi connectivity index (χ1n) is 7.89. The van der Waals surface area contributed by atoms with Gasteiger partial charge in [0.15, 0.2) is 12.4 Å². The average Bonchev–Trinajstić information content (AvgIpc) is 3.14. The number of carbonyl (C=O) groups excluding carboxylic acids is 1. The first-order chi connectivity index (χ1) is 12.6. The number of ether oxygens (including phenoxy) is 3. The Kier molecular flexibility index (Phi) is 5.17. The van der Waals surface area contributed by atoms with Gasteiger partial charge >= 0.3 is 0 Å². The number of ketones is 1. The maximum atomic E-state index is 11.4. The van der Waals surface area contributed by atoms with Crippen LogP contribution in [0.4, 0.5) is 0 Å². The van der Waals surface area contributed by atoms with Crippen molar-refractivity contribution in [1.82, 2.24) is 10.1 Å². The van der Waals surface area contributed by atoms with Crippen molar-refractivity contribution in [3.63, 3.8) is 0 Å². The van der Waals surface area contributed by atoms with Crippen LogP contribution < -0.4 is 14.2 Å². The maximum Gasteiger partial charge on any atom is 0.264 e. The third-order valence-electron chi connectivity index (χ3n) is 3.72. The quantitative estimate of drug-likeness (QED) is 0.600. The molecule has 0 aliphatic carbocycles. The van der Waals surface area contributed by atoms with Crippen LogP contribution in [0.2, 0.25) is 0 Å². The Morgan fingerprint density at radius 2 is 1.92 bits per heavy atom. The fourth-order valence-corrected chi connectivity index (χ4v) is 2.36. The van der Waals surface area contributed by atoms with E-state index in [0.29, 0.717) is 40.1 Å². The van der Waals surface area contributed by atoms with E-state index in [9.17, 15) is 4.79 Å². The van der Waals surface area contributed by atoms with Crippen LogP contribution in [0.15, 0.2) is 47.0 Å². The van der Waals surface area contributed by atoms with E-state index in [4.69, 9.17) is 18.7 Å². The maximum absolute atomic E-state index is 11.4. The molecule has 7 heteroatoms. The van der Waals surface area contributed by atoms with E-state index in [0.717, 1.165) is 0 Å². The molecular formula is C19H18N2O5. The highest BCUT2D eigenvalue weighted by molar-refractivity contribution is 5.94. The molecule has 0 unspecified atom stereocenters. The van der Waals surface area contributed by atoms with E-state index in [2.05, 4.69) is 10.1 Å².